The molecule has 0 radical (unpaired) electrons. The molecule has 0 saturated carbocycles. The number of hydrogen-bond donors (Lipinski definition) is 1. The largest absolute Gasteiger partial charge is 0.275 e. The van der Waals surface area contributed by atoms with E-state index in [2.05, 4.69) is 21.4 Å². The highest BCUT2D eigenvalue weighted by atomic mass is 79.9. The highest BCUT2D eigenvalue weighted by molar-refractivity contribution is 9.10. The molecule has 3 nitrogen and oxygen atoms in total. The van der Waals surface area contributed by atoms with Crippen LogP contribution in [0.2, 0.25) is 0 Å². The number of hydrogen-bond acceptors (Lipinski definition) is 2. The number of hydroxylamine groups is 1. The number of carbonyl (C=O) groups is 1. The first-order valence-electron chi connectivity index (χ1n) is 5.19. The van der Waals surface area contributed by atoms with Crippen LogP contribution < -0.4 is 5.48 Å². The van der Waals surface area contributed by atoms with E-state index in [1.165, 1.54) is 0 Å². The maximum atomic E-state index is 11.7. The lowest BCUT2D eigenvalue weighted by Gasteiger charge is -2.09. The molecule has 1 aromatic carbocycles. The minimum Gasteiger partial charge on any atom is -0.273 e. The van der Waals surface area contributed by atoms with Crippen molar-refractivity contribution in [1.29, 1.82) is 0 Å². The van der Waals surface area contributed by atoms with Crippen LogP contribution in [0, 0.1) is 12.8 Å². The quantitative estimate of drug-likeness (QED) is 0.864. The van der Waals surface area contributed by atoms with Gasteiger partial charge in [-0.2, -0.15) is 0 Å². The van der Waals surface area contributed by atoms with Crippen LogP contribution in [-0.4, -0.2) is 12.5 Å². The summed E-state index contributed by atoms with van der Waals surface area (Å²) in [5, 5.41) is 0. The molecule has 1 amide bonds. The van der Waals surface area contributed by atoms with Gasteiger partial charge in [0, 0.05) is 4.47 Å². The summed E-state index contributed by atoms with van der Waals surface area (Å²) in [6.45, 7) is 6.49. The number of amides is 1. The molecule has 0 spiro atoms. The van der Waals surface area contributed by atoms with E-state index >= 15 is 0 Å². The molecule has 88 valence electrons. The first kappa shape index (κ1) is 13.2. The minimum absolute atomic E-state index is 0.226. The van der Waals surface area contributed by atoms with Gasteiger partial charge in [0.05, 0.1) is 12.2 Å². The average Bonchev–Trinajstić information content (AvgIpc) is 2.21. The lowest BCUT2D eigenvalue weighted by atomic mass is 10.1. The monoisotopic (exact) mass is 285 g/mol. The number of nitrogens with one attached hydrogen (secondary N) is 1. The molecular weight excluding hydrogens is 270 g/mol. The molecule has 1 rings (SSSR count). The molecule has 0 aromatic heterocycles. The van der Waals surface area contributed by atoms with Gasteiger partial charge in [0.15, 0.2) is 0 Å². The Morgan fingerprint density at radius 2 is 2.19 bits per heavy atom. The van der Waals surface area contributed by atoms with Crippen LogP contribution in [0.4, 0.5) is 0 Å². The van der Waals surface area contributed by atoms with Crippen molar-refractivity contribution >= 4 is 21.8 Å². The Bertz CT molecular complexity index is 377. The van der Waals surface area contributed by atoms with E-state index in [0.717, 1.165) is 10.0 Å². The molecule has 0 atom stereocenters. The van der Waals surface area contributed by atoms with Crippen LogP contribution >= 0.6 is 15.9 Å². The standard InChI is InChI=1S/C12H16BrNO2/c1-8(2)7-16-14-12(15)10-6-4-5-9(3)11(10)13/h4-6,8H,7H2,1-3H3,(H,14,15). The van der Waals surface area contributed by atoms with Gasteiger partial charge in [-0.3, -0.25) is 9.63 Å². The summed E-state index contributed by atoms with van der Waals surface area (Å²) < 4.78 is 0.806. The van der Waals surface area contributed by atoms with Crippen molar-refractivity contribution in [1.82, 2.24) is 5.48 Å². The lowest BCUT2D eigenvalue weighted by Crippen LogP contribution is -2.26. The van der Waals surface area contributed by atoms with Crippen molar-refractivity contribution < 1.29 is 9.63 Å². The van der Waals surface area contributed by atoms with Crippen molar-refractivity contribution in [3.05, 3.63) is 33.8 Å². The van der Waals surface area contributed by atoms with Crippen LogP contribution in [0.5, 0.6) is 0 Å². The molecule has 0 unspecified atom stereocenters. The summed E-state index contributed by atoms with van der Waals surface area (Å²) in [5.74, 6) is 0.164. The second-order valence-corrected chi connectivity index (χ2v) is 4.87. The molecule has 1 N–H and O–H groups in total. The Morgan fingerprint density at radius 1 is 1.50 bits per heavy atom. The second-order valence-electron chi connectivity index (χ2n) is 4.07. The van der Waals surface area contributed by atoms with E-state index in [-0.39, 0.29) is 5.91 Å². The fraction of sp³-hybridized carbons (Fsp3) is 0.417. The zero-order chi connectivity index (χ0) is 12.1. The molecular formula is C12H16BrNO2. The van der Waals surface area contributed by atoms with Crippen molar-refractivity contribution in [3.8, 4) is 0 Å². The van der Waals surface area contributed by atoms with Crippen LogP contribution in [0.1, 0.15) is 29.8 Å². The third-order valence-corrected chi connectivity index (χ3v) is 3.07. The maximum absolute atomic E-state index is 11.7. The Kier molecular flexibility index (Phi) is 4.96. The molecule has 0 aliphatic heterocycles. The van der Waals surface area contributed by atoms with Crippen molar-refractivity contribution in [3.63, 3.8) is 0 Å². The zero-order valence-electron chi connectivity index (χ0n) is 9.71. The minimum atomic E-state index is -0.226. The summed E-state index contributed by atoms with van der Waals surface area (Å²) in [7, 11) is 0. The number of rotatable bonds is 4. The van der Waals surface area contributed by atoms with E-state index in [1.54, 1.807) is 6.07 Å². The summed E-state index contributed by atoms with van der Waals surface area (Å²) in [6.07, 6.45) is 0. The summed E-state index contributed by atoms with van der Waals surface area (Å²) in [4.78, 5) is 16.8. The topological polar surface area (TPSA) is 38.3 Å². The lowest BCUT2D eigenvalue weighted by molar-refractivity contribution is 0.0208. The van der Waals surface area contributed by atoms with Crippen molar-refractivity contribution in [2.45, 2.75) is 20.8 Å². The first-order chi connectivity index (χ1) is 7.52. The van der Waals surface area contributed by atoms with Crippen molar-refractivity contribution in [2.24, 2.45) is 5.92 Å². The SMILES string of the molecule is Cc1cccc(C(=O)NOCC(C)C)c1Br. The molecule has 0 saturated heterocycles. The van der Waals surface area contributed by atoms with Gasteiger partial charge in [0.2, 0.25) is 0 Å². The molecule has 0 heterocycles. The highest BCUT2D eigenvalue weighted by Crippen LogP contribution is 2.20. The predicted molar refractivity (Wildman–Crippen MR) is 67.1 cm³/mol. The van der Waals surface area contributed by atoms with Gasteiger partial charge in [-0.1, -0.05) is 26.0 Å². The molecule has 0 bridgehead atoms. The Labute approximate surface area is 104 Å². The van der Waals surface area contributed by atoms with Gasteiger partial charge in [-0.25, -0.2) is 5.48 Å². The summed E-state index contributed by atoms with van der Waals surface area (Å²) >= 11 is 3.39. The smallest absolute Gasteiger partial charge is 0.273 e. The number of halogens is 1. The van der Waals surface area contributed by atoms with Gasteiger partial charge in [0.1, 0.15) is 0 Å². The van der Waals surface area contributed by atoms with Gasteiger partial charge >= 0.3 is 0 Å². The van der Waals surface area contributed by atoms with Crippen LogP contribution in [0.25, 0.3) is 0 Å². The number of benzene rings is 1. The summed E-state index contributed by atoms with van der Waals surface area (Å²) in [5.41, 5.74) is 4.04. The fourth-order valence-corrected chi connectivity index (χ4v) is 1.60. The fourth-order valence-electron chi connectivity index (χ4n) is 1.15. The molecule has 0 aliphatic carbocycles. The molecule has 0 aliphatic rings. The van der Waals surface area contributed by atoms with Crippen LogP contribution in [0.3, 0.4) is 0 Å². The second kappa shape index (κ2) is 6.01. The summed E-state index contributed by atoms with van der Waals surface area (Å²) in [6, 6.07) is 5.54. The first-order valence-corrected chi connectivity index (χ1v) is 5.99. The van der Waals surface area contributed by atoms with Gasteiger partial charge in [-0.15, -0.1) is 0 Å². The molecule has 0 fully saturated rings. The zero-order valence-corrected chi connectivity index (χ0v) is 11.3. The average molecular weight is 286 g/mol. The predicted octanol–water partition coefficient (Wildman–Crippen LogP) is 3.07. The number of aryl methyl sites for hydroxylation is 1. The Hall–Kier alpha value is -0.870. The van der Waals surface area contributed by atoms with Crippen LogP contribution in [0.15, 0.2) is 22.7 Å². The van der Waals surface area contributed by atoms with Gasteiger partial charge < -0.3 is 0 Å². The maximum Gasteiger partial charge on any atom is 0.275 e. The third-order valence-electron chi connectivity index (χ3n) is 2.02. The molecule has 4 heteroatoms. The molecule has 16 heavy (non-hydrogen) atoms. The number of carbonyl (C=O) groups excluding carboxylic acids is 1. The third kappa shape index (κ3) is 3.61. The van der Waals surface area contributed by atoms with E-state index < -0.39 is 0 Å². The Balaban J connectivity index is 2.63. The van der Waals surface area contributed by atoms with E-state index in [0.29, 0.717) is 18.1 Å². The molecule has 1 aromatic rings. The Morgan fingerprint density at radius 3 is 2.81 bits per heavy atom. The van der Waals surface area contributed by atoms with E-state index in [1.807, 2.05) is 32.9 Å². The van der Waals surface area contributed by atoms with E-state index in [4.69, 9.17) is 4.84 Å². The van der Waals surface area contributed by atoms with Crippen LogP contribution in [-0.2, 0) is 4.84 Å². The highest BCUT2D eigenvalue weighted by Gasteiger charge is 2.11. The van der Waals surface area contributed by atoms with E-state index in [9.17, 15) is 4.79 Å². The van der Waals surface area contributed by atoms with Crippen molar-refractivity contribution in [2.75, 3.05) is 6.61 Å². The van der Waals surface area contributed by atoms with Gasteiger partial charge in [0.25, 0.3) is 5.91 Å². The van der Waals surface area contributed by atoms with Gasteiger partial charge in [-0.05, 0) is 40.4 Å². The normalized spacial score (nSPS) is 10.6.